The van der Waals surface area contributed by atoms with Crippen LogP contribution in [-0.2, 0) is 16.0 Å². The topological polar surface area (TPSA) is 85.9 Å². The molecule has 2 amide bonds. The molecule has 0 fully saturated rings. The van der Waals surface area contributed by atoms with E-state index in [1.54, 1.807) is 12.1 Å². The third kappa shape index (κ3) is 5.18. The average Bonchev–Trinajstić information content (AvgIpc) is 2.91. The monoisotopic (exact) mass is 430 g/mol. The molecule has 0 spiro atoms. The first-order chi connectivity index (χ1) is 14.5. The molecule has 8 heteroatoms. The molecule has 0 aliphatic carbocycles. The highest BCUT2D eigenvalue weighted by Crippen LogP contribution is 2.40. The minimum atomic E-state index is -0.175. The van der Waals surface area contributed by atoms with Gasteiger partial charge in [-0.2, -0.15) is 0 Å². The van der Waals surface area contributed by atoms with Crippen LogP contribution in [0, 0.1) is 0 Å². The Morgan fingerprint density at radius 3 is 2.50 bits per heavy atom. The van der Waals surface area contributed by atoms with E-state index in [1.807, 2.05) is 24.3 Å². The molecule has 0 bridgehead atoms. The smallest absolute Gasteiger partial charge is 0.237 e. The quantitative estimate of drug-likeness (QED) is 0.664. The predicted octanol–water partition coefficient (Wildman–Crippen LogP) is 3.73. The number of fused-ring (bicyclic) bond motifs is 1. The lowest BCUT2D eigenvalue weighted by Crippen LogP contribution is -2.24. The van der Waals surface area contributed by atoms with Crippen LogP contribution in [0.5, 0.6) is 17.2 Å². The summed E-state index contributed by atoms with van der Waals surface area (Å²) in [5.41, 5.74) is 2.59. The van der Waals surface area contributed by atoms with Gasteiger partial charge in [-0.1, -0.05) is 18.2 Å². The van der Waals surface area contributed by atoms with Crippen LogP contribution in [0.4, 0.5) is 11.4 Å². The van der Waals surface area contributed by atoms with Gasteiger partial charge in [0, 0.05) is 35.7 Å². The number of benzene rings is 2. The summed E-state index contributed by atoms with van der Waals surface area (Å²) in [6, 6.07) is 11.2. The van der Waals surface area contributed by atoms with Crippen LogP contribution in [0.15, 0.2) is 36.4 Å². The van der Waals surface area contributed by atoms with Crippen molar-refractivity contribution < 1.29 is 23.8 Å². The number of rotatable bonds is 8. The Balaban J connectivity index is 1.54. The minimum Gasteiger partial charge on any atom is -0.493 e. The molecule has 0 aromatic heterocycles. The van der Waals surface area contributed by atoms with E-state index in [4.69, 9.17) is 14.2 Å². The van der Waals surface area contributed by atoms with Crippen LogP contribution in [-0.4, -0.2) is 44.1 Å². The first-order valence-corrected chi connectivity index (χ1v) is 10.7. The Bertz CT molecular complexity index is 893. The summed E-state index contributed by atoms with van der Waals surface area (Å²) in [6.45, 7) is 0. The van der Waals surface area contributed by atoms with Gasteiger partial charge in [0.2, 0.25) is 17.6 Å². The molecule has 2 aromatic rings. The van der Waals surface area contributed by atoms with Gasteiger partial charge < -0.3 is 24.8 Å². The number of ether oxygens (including phenoxy) is 3. The van der Waals surface area contributed by atoms with Crippen molar-refractivity contribution in [3.8, 4) is 17.2 Å². The summed E-state index contributed by atoms with van der Waals surface area (Å²) >= 11 is 1.51. The number of hydrogen-bond acceptors (Lipinski definition) is 6. The van der Waals surface area contributed by atoms with Crippen LogP contribution in [0.1, 0.15) is 18.4 Å². The van der Waals surface area contributed by atoms with Gasteiger partial charge in [-0.3, -0.25) is 9.59 Å². The lowest BCUT2D eigenvalue weighted by Gasteiger charge is -2.15. The van der Waals surface area contributed by atoms with E-state index >= 15 is 0 Å². The number of para-hydroxylation sites is 1. The largest absolute Gasteiger partial charge is 0.493 e. The van der Waals surface area contributed by atoms with Crippen molar-refractivity contribution >= 4 is 35.0 Å². The second-order valence-corrected chi connectivity index (χ2v) is 8.07. The first-order valence-electron chi connectivity index (χ1n) is 9.66. The molecule has 1 aliphatic rings. The maximum Gasteiger partial charge on any atom is 0.237 e. The van der Waals surface area contributed by atoms with E-state index in [1.165, 1.54) is 33.1 Å². The second kappa shape index (κ2) is 10.2. The fraction of sp³-hybridized carbons (Fsp3) is 0.364. The van der Waals surface area contributed by atoms with Crippen molar-refractivity contribution in [3.63, 3.8) is 0 Å². The van der Waals surface area contributed by atoms with E-state index in [-0.39, 0.29) is 23.5 Å². The number of carbonyl (C=O) groups excluding carboxylic acids is 2. The Hall–Kier alpha value is -2.87. The van der Waals surface area contributed by atoms with Gasteiger partial charge in [-0.05, 0) is 24.5 Å². The van der Waals surface area contributed by atoms with Crippen LogP contribution < -0.4 is 24.8 Å². The molecular formula is C22H26N2O5S. The second-order valence-electron chi connectivity index (χ2n) is 6.76. The van der Waals surface area contributed by atoms with Crippen LogP contribution >= 0.6 is 11.8 Å². The van der Waals surface area contributed by atoms with Crippen LogP contribution in [0.3, 0.4) is 0 Å². The molecule has 1 atom stereocenters. The molecule has 160 valence electrons. The molecule has 3 rings (SSSR count). The SMILES string of the molecule is COc1cc(NC(=O)CCSC2CCc3ccccc3NC2=O)cc(OC)c1OC. The fourth-order valence-electron chi connectivity index (χ4n) is 3.32. The molecule has 0 saturated heterocycles. The van der Waals surface area contributed by atoms with Crippen molar-refractivity contribution in [2.24, 2.45) is 0 Å². The fourth-order valence-corrected chi connectivity index (χ4v) is 4.40. The molecule has 30 heavy (non-hydrogen) atoms. The zero-order valence-corrected chi connectivity index (χ0v) is 18.1. The Morgan fingerprint density at radius 2 is 1.83 bits per heavy atom. The lowest BCUT2D eigenvalue weighted by molar-refractivity contribution is -0.116. The van der Waals surface area contributed by atoms with E-state index in [0.717, 1.165) is 24.1 Å². The zero-order chi connectivity index (χ0) is 21.5. The summed E-state index contributed by atoms with van der Waals surface area (Å²) in [5, 5.41) is 5.66. The lowest BCUT2D eigenvalue weighted by atomic mass is 10.1. The van der Waals surface area contributed by atoms with Crippen LogP contribution in [0.25, 0.3) is 0 Å². The van der Waals surface area contributed by atoms with Gasteiger partial charge in [-0.15, -0.1) is 11.8 Å². The Labute approximate surface area is 180 Å². The highest BCUT2D eigenvalue weighted by atomic mass is 32.2. The van der Waals surface area contributed by atoms with E-state index in [9.17, 15) is 9.59 Å². The Kier molecular flexibility index (Phi) is 7.46. The predicted molar refractivity (Wildman–Crippen MR) is 119 cm³/mol. The molecule has 7 nitrogen and oxygen atoms in total. The third-order valence-corrected chi connectivity index (χ3v) is 6.13. The molecule has 0 radical (unpaired) electrons. The van der Waals surface area contributed by atoms with Gasteiger partial charge in [-0.25, -0.2) is 0 Å². The van der Waals surface area contributed by atoms with E-state index in [2.05, 4.69) is 10.6 Å². The maximum absolute atomic E-state index is 12.5. The normalized spacial score (nSPS) is 15.4. The highest BCUT2D eigenvalue weighted by molar-refractivity contribution is 8.00. The summed E-state index contributed by atoms with van der Waals surface area (Å²) in [6.07, 6.45) is 1.88. The van der Waals surface area contributed by atoms with E-state index < -0.39 is 0 Å². The molecule has 1 unspecified atom stereocenters. The van der Waals surface area contributed by atoms with Gasteiger partial charge in [0.1, 0.15) is 0 Å². The summed E-state index contributed by atoms with van der Waals surface area (Å²) in [4.78, 5) is 24.9. The first kappa shape index (κ1) is 21.8. The summed E-state index contributed by atoms with van der Waals surface area (Å²) in [5.74, 6) is 1.80. The average molecular weight is 431 g/mol. The van der Waals surface area contributed by atoms with E-state index in [0.29, 0.717) is 28.7 Å². The number of hydrogen-bond donors (Lipinski definition) is 2. The number of carbonyl (C=O) groups is 2. The van der Waals surface area contributed by atoms with Gasteiger partial charge in [0.05, 0.1) is 26.6 Å². The van der Waals surface area contributed by atoms with Gasteiger partial charge in [0.25, 0.3) is 0 Å². The van der Waals surface area contributed by atoms with Crippen molar-refractivity contribution in [3.05, 3.63) is 42.0 Å². The number of aryl methyl sites for hydroxylation is 1. The number of thioether (sulfide) groups is 1. The van der Waals surface area contributed by atoms with Crippen molar-refractivity contribution in [1.29, 1.82) is 0 Å². The van der Waals surface area contributed by atoms with Gasteiger partial charge in [0.15, 0.2) is 11.5 Å². The van der Waals surface area contributed by atoms with Crippen molar-refractivity contribution in [1.82, 2.24) is 0 Å². The Morgan fingerprint density at radius 1 is 1.13 bits per heavy atom. The molecule has 1 heterocycles. The number of methoxy groups -OCH3 is 3. The highest BCUT2D eigenvalue weighted by Gasteiger charge is 2.24. The molecule has 1 aliphatic heterocycles. The molecule has 0 saturated carbocycles. The zero-order valence-electron chi connectivity index (χ0n) is 17.3. The molecule has 2 aromatic carbocycles. The van der Waals surface area contributed by atoms with Crippen molar-refractivity contribution in [2.75, 3.05) is 37.7 Å². The molecule has 2 N–H and O–H groups in total. The minimum absolute atomic E-state index is 0.00464. The maximum atomic E-state index is 12.5. The molecular weight excluding hydrogens is 404 g/mol. The third-order valence-electron chi connectivity index (χ3n) is 4.84. The summed E-state index contributed by atoms with van der Waals surface area (Å²) in [7, 11) is 4.57. The number of amides is 2. The summed E-state index contributed by atoms with van der Waals surface area (Å²) < 4.78 is 15.9. The number of nitrogens with one attached hydrogen (secondary N) is 2. The van der Waals surface area contributed by atoms with Gasteiger partial charge >= 0.3 is 0 Å². The number of anilines is 2. The standard InChI is InChI=1S/C22H26N2O5S/c1-27-17-12-15(13-18(28-2)21(17)29-3)23-20(25)10-11-30-19-9-8-14-6-4-5-7-16(14)24-22(19)26/h4-7,12-13,19H,8-11H2,1-3H3,(H,23,25)(H,24,26). The van der Waals surface area contributed by atoms with Crippen LogP contribution in [0.2, 0.25) is 0 Å². The van der Waals surface area contributed by atoms with Crippen molar-refractivity contribution in [2.45, 2.75) is 24.5 Å².